The van der Waals surface area contributed by atoms with Gasteiger partial charge in [0.1, 0.15) is 5.75 Å². The summed E-state index contributed by atoms with van der Waals surface area (Å²) < 4.78 is 5.11. The first-order valence-corrected chi connectivity index (χ1v) is 7.60. The SMILES string of the molecule is COc1ccc(C(=O)NC2=NCCCN2c2ccccc2)cc1. The molecule has 0 spiro atoms. The first-order chi connectivity index (χ1) is 11.3. The number of aliphatic imine (C=N–C) groups is 1. The normalized spacial score (nSPS) is 14.1. The Bertz CT molecular complexity index is 696. The van der Waals surface area contributed by atoms with Gasteiger partial charge in [0.05, 0.1) is 7.11 Å². The van der Waals surface area contributed by atoms with Crippen LogP contribution >= 0.6 is 0 Å². The Hall–Kier alpha value is -2.82. The summed E-state index contributed by atoms with van der Waals surface area (Å²) in [6.45, 7) is 1.56. The lowest BCUT2D eigenvalue weighted by Crippen LogP contribution is -2.47. The van der Waals surface area contributed by atoms with Crippen LogP contribution in [0.5, 0.6) is 5.75 Å². The van der Waals surface area contributed by atoms with Crippen LogP contribution in [0.1, 0.15) is 16.8 Å². The van der Waals surface area contributed by atoms with Crippen molar-refractivity contribution in [1.82, 2.24) is 5.32 Å². The molecule has 0 saturated heterocycles. The van der Waals surface area contributed by atoms with Gasteiger partial charge in [0.25, 0.3) is 5.91 Å². The standard InChI is InChI=1S/C18H19N3O2/c1-23-16-10-8-14(9-11-16)17(22)20-18-19-12-5-13-21(18)15-6-3-2-4-7-15/h2-4,6-11H,5,12-13H2,1H3,(H,19,20,22). The van der Waals surface area contributed by atoms with Crippen molar-refractivity contribution in [3.05, 3.63) is 60.2 Å². The number of hydrogen-bond donors (Lipinski definition) is 1. The predicted molar refractivity (Wildman–Crippen MR) is 91.2 cm³/mol. The molecule has 1 amide bonds. The molecule has 1 aliphatic rings. The summed E-state index contributed by atoms with van der Waals surface area (Å²) in [7, 11) is 1.60. The van der Waals surface area contributed by atoms with Crippen molar-refractivity contribution in [1.29, 1.82) is 0 Å². The Kier molecular flexibility index (Phi) is 4.57. The van der Waals surface area contributed by atoms with Gasteiger partial charge in [-0.1, -0.05) is 18.2 Å². The van der Waals surface area contributed by atoms with Crippen molar-refractivity contribution in [2.45, 2.75) is 6.42 Å². The lowest BCUT2D eigenvalue weighted by molar-refractivity contribution is 0.0976. The highest BCUT2D eigenvalue weighted by Crippen LogP contribution is 2.17. The minimum absolute atomic E-state index is 0.172. The van der Waals surface area contributed by atoms with E-state index in [1.54, 1.807) is 31.4 Å². The fraction of sp³-hybridized carbons (Fsp3) is 0.222. The Morgan fingerprint density at radius 3 is 2.57 bits per heavy atom. The zero-order valence-corrected chi connectivity index (χ0v) is 13.0. The molecule has 0 fully saturated rings. The second kappa shape index (κ2) is 6.96. The number of guanidine groups is 1. The van der Waals surface area contributed by atoms with Gasteiger partial charge in [0, 0.05) is 24.3 Å². The van der Waals surface area contributed by atoms with Crippen LogP contribution in [0.25, 0.3) is 0 Å². The third kappa shape index (κ3) is 3.51. The lowest BCUT2D eigenvalue weighted by atomic mass is 10.2. The fourth-order valence-corrected chi connectivity index (χ4v) is 2.49. The van der Waals surface area contributed by atoms with Gasteiger partial charge in [0.15, 0.2) is 0 Å². The summed E-state index contributed by atoms with van der Waals surface area (Å²) in [6, 6.07) is 17.0. The minimum Gasteiger partial charge on any atom is -0.497 e. The minimum atomic E-state index is -0.172. The van der Waals surface area contributed by atoms with Gasteiger partial charge in [-0.3, -0.25) is 15.1 Å². The van der Waals surface area contributed by atoms with Crippen molar-refractivity contribution in [3.8, 4) is 5.75 Å². The van der Waals surface area contributed by atoms with Gasteiger partial charge in [-0.2, -0.15) is 0 Å². The van der Waals surface area contributed by atoms with E-state index in [0.29, 0.717) is 11.5 Å². The number of para-hydroxylation sites is 1. The fourth-order valence-electron chi connectivity index (χ4n) is 2.49. The molecule has 1 N–H and O–H groups in total. The molecule has 0 saturated carbocycles. The second-order valence-electron chi connectivity index (χ2n) is 5.23. The number of ether oxygens (including phenoxy) is 1. The van der Waals surface area contributed by atoms with E-state index in [9.17, 15) is 4.79 Å². The third-order valence-corrected chi connectivity index (χ3v) is 3.70. The zero-order valence-electron chi connectivity index (χ0n) is 13.0. The van der Waals surface area contributed by atoms with Crippen LogP contribution in [0.4, 0.5) is 5.69 Å². The number of nitrogens with one attached hydrogen (secondary N) is 1. The molecule has 2 aromatic carbocycles. The highest BCUT2D eigenvalue weighted by atomic mass is 16.5. The van der Waals surface area contributed by atoms with Crippen LogP contribution in [0.15, 0.2) is 59.6 Å². The Morgan fingerprint density at radius 2 is 1.87 bits per heavy atom. The highest BCUT2D eigenvalue weighted by Gasteiger charge is 2.19. The molecule has 2 aromatic rings. The molecular formula is C18H19N3O2. The number of methoxy groups -OCH3 is 1. The number of nitrogens with zero attached hydrogens (tertiary/aromatic N) is 2. The van der Waals surface area contributed by atoms with Gasteiger partial charge >= 0.3 is 0 Å². The van der Waals surface area contributed by atoms with Crippen molar-refractivity contribution in [3.63, 3.8) is 0 Å². The van der Waals surface area contributed by atoms with E-state index >= 15 is 0 Å². The van der Waals surface area contributed by atoms with Crippen LogP contribution in [-0.4, -0.2) is 32.1 Å². The number of anilines is 1. The Balaban J connectivity index is 1.76. The summed E-state index contributed by atoms with van der Waals surface area (Å²) in [5, 5.41) is 2.92. The molecule has 0 atom stereocenters. The first-order valence-electron chi connectivity index (χ1n) is 7.60. The third-order valence-electron chi connectivity index (χ3n) is 3.70. The average molecular weight is 309 g/mol. The van der Waals surface area contributed by atoms with Crippen molar-refractivity contribution >= 4 is 17.6 Å². The number of hydrogen-bond acceptors (Lipinski definition) is 4. The maximum Gasteiger partial charge on any atom is 0.257 e. The molecule has 23 heavy (non-hydrogen) atoms. The lowest BCUT2D eigenvalue weighted by Gasteiger charge is -2.29. The Morgan fingerprint density at radius 1 is 1.13 bits per heavy atom. The van der Waals surface area contributed by atoms with Gasteiger partial charge in [-0.15, -0.1) is 0 Å². The van der Waals surface area contributed by atoms with Gasteiger partial charge in [0.2, 0.25) is 5.96 Å². The largest absolute Gasteiger partial charge is 0.497 e. The van der Waals surface area contributed by atoms with Crippen LogP contribution in [0.3, 0.4) is 0 Å². The summed E-state index contributed by atoms with van der Waals surface area (Å²) in [4.78, 5) is 18.9. The van der Waals surface area contributed by atoms with Crippen LogP contribution < -0.4 is 15.0 Å². The quantitative estimate of drug-likeness (QED) is 0.948. The van der Waals surface area contributed by atoms with Gasteiger partial charge in [-0.25, -0.2) is 0 Å². The molecular weight excluding hydrogens is 290 g/mol. The van der Waals surface area contributed by atoms with Crippen LogP contribution in [-0.2, 0) is 0 Å². The van der Waals surface area contributed by atoms with E-state index in [2.05, 4.69) is 10.3 Å². The zero-order chi connectivity index (χ0) is 16.1. The molecule has 1 aliphatic heterocycles. The van der Waals surface area contributed by atoms with E-state index in [1.165, 1.54) is 0 Å². The summed E-state index contributed by atoms with van der Waals surface area (Å²) in [5.41, 5.74) is 1.60. The molecule has 118 valence electrons. The van der Waals surface area contributed by atoms with E-state index < -0.39 is 0 Å². The smallest absolute Gasteiger partial charge is 0.257 e. The molecule has 0 radical (unpaired) electrons. The number of carbonyl (C=O) groups is 1. The average Bonchev–Trinajstić information content (AvgIpc) is 2.63. The molecule has 1 heterocycles. The monoisotopic (exact) mass is 309 g/mol. The van der Waals surface area contributed by atoms with Crippen LogP contribution in [0.2, 0.25) is 0 Å². The Labute approximate surface area is 135 Å². The van der Waals surface area contributed by atoms with Gasteiger partial charge in [-0.05, 0) is 42.8 Å². The molecule has 5 nitrogen and oxygen atoms in total. The summed E-state index contributed by atoms with van der Waals surface area (Å²) >= 11 is 0. The van der Waals surface area contributed by atoms with E-state index in [-0.39, 0.29) is 5.91 Å². The van der Waals surface area contributed by atoms with E-state index in [1.807, 2.05) is 35.2 Å². The van der Waals surface area contributed by atoms with Crippen molar-refractivity contribution in [2.75, 3.05) is 25.1 Å². The summed E-state index contributed by atoms with van der Waals surface area (Å²) in [6.07, 6.45) is 0.969. The maximum absolute atomic E-state index is 12.4. The number of rotatable bonds is 3. The first kappa shape index (κ1) is 15.1. The molecule has 0 aromatic heterocycles. The number of carbonyl (C=O) groups excluding carboxylic acids is 1. The van der Waals surface area contributed by atoms with Crippen LogP contribution in [0, 0.1) is 0 Å². The molecule has 0 unspecified atom stereocenters. The van der Waals surface area contributed by atoms with Gasteiger partial charge < -0.3 is 9.64 Å². The summed E-state index contributed by atoms with van der Waals surface area (Å²) in [5.74, 6) is 1.15. The highest BCUT2D eigenvalue weighted by molar-refractivity contribution is 6.11. The van der Waals surface area contributed by atoms with Crippen molar-refractivity contribution in [2.24, 2.45) is 4.99 Å². The topological polar surface area (TPSA) is 53.9 Å². The predicted octanol–water partition coefficient (Wildman–Crippen LogP) is 2.69. The maximum atomic E-state index is 12.4. The molecule has 0 bridgehead atoms. The molecule has 5 heteroatoms. The van der Waals surface area contributed by atoms with E-state index in [0.717, 1.165) is 30.9 Å². The number of amides is 1. The molecule has 3 rings (SSSR count). The van der Waals surface area contributed by atoms with Crippen molar-refractivity contribution < 1.29 is 9.53 Å². The van der Waals surface area contributed by atoms with E-state index in [4.69, 9.17) is 4.74 Å². The number of benzene rings is 2. The second-order valence-corrected chi connectivity index (χ2v) is 5.23. The molecule has 0 aliphatic carbocycles.